The van der Waals surface area contributed by atoms with Gasteiger partial charge in [-0.1, -0.05) is 6.07 Å². The number of carbonyl (C=O) groups is 1. The number of rotatable bonds is 7. The summed E-state index contributed by atoms with van der Waals surface area (Å²) in [4.78, 5) is 16.6. The molecule has 9 heteroatoms. The number of methoxy groups -OCH3 is 2. The Labute approximate surface area is 184 Å². The van der Waals surface area contributed by atoms with E-state index in [1.165, 1.54) is 13.3 Å². The van der Waals surface area contributed by atoms with Crippen molar-refractivity contribution in [2.75, 3.05) is 19.5 Å². The van der Waals surface area contributed by atoms with Crippen molar-refractivity contribution in [2.24, 2.45) is 0 Å². The minimum absolute atomic E-state index is 0.0723. The van der Waals surface area contributed by atoms with Crippen molar-refractivity contribution in [3.8, 4) is 11.5 Å². The van der Waals surface area contributed by atoms with E-state index in [9.17, 15) is 13.6 Å². The Balaban J connectivity index is 1.35. The molecule has 1 aliphatic rings. The molecule has 2 aromatic heterocycles. The van der Waals surface area contributed by atoms with Gasteiger partial charge in [0.05, 0.1) is 14.2 Å². The second-order valence-corrected chi connectivity index (χ2v) is 7.84. The minimum atomic E-state index is -2.60. The highest BCUT2D eigenvalue weighted by molar-refractivity contribution is 5.95. The Morgan fingerprint density at radius 2 is 1.78 bits per heavy atom. The van der Waals surface area contributed by atoms with Crippen LogP contribution in [0.25, 0.3) is 5.65 Å². The van der Waals surface area contributed by atoms with E-state index in [-0.39, 0.29) is 23.7 Å². The Kier molecular flexibility index (Phi) is 6.43. The Bertz CT molecular complexity index is 1090. The summed E-state index contributed by atoms with van der Waals surface area (Å²) < 4.78 is 38.1. The van der Waals surface area contributed by atoms with E-state index < -0.39 is 6.43 Å². The molecule has 0 aliphatic heterocycles. The number of nitrogens with one attached hydrogen (secondary N) is 2. The molecule has 2 N–H and O–H groups in total. The standard InChI is InChI=1S/C23H26F2N4O3/c1-31-18-11-6-14(12-19(18)32-2)23(30)27-16-9-7-15(8-10-16)26-20-4-3-5-21-28-17(22(24)25)13-29(20)21/h3-6,11-13,15-16,22,26H,7-10H2,1-2H3,(H,27,30). The lowest BCUT2D eigenvalue weighted by atomic mass is 9.91. The Hall–Kier alpha value is -3.36. The summed E-state index contributed by atoms with van der Waals surface area (Å²) in [7, 11) is 3.08. The SMILES string of the molecule is COc1ccc(C(=O)NC2CCC(Nc3cccc4nc(C(F)F)cn34)CC2)cc1OC. The predicted molar refractivity (Wildman–Crippen MR) is 117 cm³/mol. The highest BCUT2D eigenvalue weighted by Crippen LogP contribution is 2.28. The molecule has 0 saturated heterocycles. The third-order valence-electron chi connectivity index (χ3n) is 5.79. The van der Waals surface area contributed by atoms with Gasteiger partial charge in [-0.05, 0) is 56.0 Å². The van der Waals surface area contributed by atoms with E-state index >= 15 is 0 Å². The van der Waals surface area contributed by atoms with Crippen molar-refractivity contribution < 1.29 is 23.0 Å². The van der Waals surface area contributed by atoms with E-state index in [2.05, 4.69) is 15.6 Å². The molecule has 3 aromatic rings. The first kappa shape index (κ1) is 21.9. The van der Waals surface area contributed by atoms with Crippen LogP contribution >= 0.6 is 0 Å². The van der Waals surface area contributed by atoms with Crippen molar-refractivity contribution in [3.63, 3.8) is 0 Å². The normalized spacial score (nSPS) is 18.5. The first-order valence-corrected chi connectivity index (χ1v) is 10.5. The summed E-state index contributed by atoms with van der Waals surface area (Å²) in [6.45, 7) is 0. The van der Waals surface area contributed by atoms with E-state index in [1.807, 2.05) is 6.07 Å². The molecule has 1 saturated carbocycles. The third kappa shape index (κ3) is 4.61. The van der Waals surface area contributed by atoms with Gasteiger partial charge in [0.25, 0.3) is 12.3 Å². The van der Waals surface area contributed by atoms with Crippen LogP contribution in [0.4, 0.5) is 14.6 Å². The lowest BCUT2D eigenvalue weighted by molar-refractivity contribution is 0.0926. The second kappa shape index (κ2) is 9.42. The zero-order valence-electron chi connectivity index (χ0n) is 18.0. The number of hydrogen-bond donors (Lipinski definition) is 2. The first-order chi connectivity index (χ1) is 15.5. The molecule has 170 valence electrons. The van der Waals surface area contributed by atoms with Crippen LogP contribution in [0.2, 0.25) is 0 Å². The van der Waals surface area contributed by atoms with Crippen LogP contribution in [0.15, 0.2) is 42.6 Å². The van der Waals surface area contributed by atoms with E-state index in [0.717, 1.165) is 31.5 Å². The second-order valence-electron chi connectivity index (χ2n) is 7.84. The number of amides is 1. The fourth-order valence-corrected chi connectivity index (χ4v) is 4.09. The van der Waals surface area contributed by atoms with Crippen molar-refractivity contribution >= 4 is 17.4 Å². The molecular formula is C23H26F2N4O3. The number of halogens is 2. The van der Waals surface area contributed by atoms with Crippen molar-refractivity contribution in [1.82, 2.24) is 14.7 Å². The third-order valence-corrected chi connectivity index (χ3v) is 5.79. The number of pyridine rings is 1. The van der Waals surface area contributed by atoms with Crippen LogP contribution in [0.1, 0.15) is 48.2 Å². The lowest BCUT2D eigenvalue weighted by Gasteiger charge is -2.30. The molecule has 0 atom stereocenters. The zero-order valence-corrected chi connectivity index (χ0v) is 18.0. The number of alkyl halides is 2. The molecule has 4 rings (SSSR count). The van der Waals surface area contributed by atoms with Gasteiger partial charge < -0.3 is 20.1 Å². The lowest BCUT2D eigenvalue weighted by Crippen LogP contribution is -2.40. The molecule has 0 unspecified atom stereocenters. The highest BCUT2D eigenvalue weighted by Gasteiger charge is 2.24. The number of aromatic nitrogens is 2. The predicted octanol–water partition coefficient (Wildman–Crippen LogP) is 4.44. The Morgan fingerprint density at radius 1 is 1.06 bits per heavy atom. The number of benzene rings is 1. The summed E-state index contributed by atoms with van der Waals surface area (Å²) >= 11 is 0. The van der Waals surface area contributed by atoms with Gasteiger partial charge in [0.2, 0.25) is 0 Å². The van der Waals surface area contributed by atoms with Gasteiger partial charge in [-0.15, -0.1) is 0 Å². The smallest absolute Gasteiger partial charge is 0.281 e. The topological polar surface area (TPSA) is 76.9 Å². The fourth-order valence-electron chi connectivity index (χ4n) is 4.09. The summed E-state index contributed by atoms with van der Waals surface area (Å²) in [6, 6.07) is 10.7. The molecule has 2 heterocycles. The number of nitrogens with zero attached hydrogens (tertiary/aromatic N) is 2. The number of fused-ring (bicyclic) bond motifs is 1. The maximum absolute atomic E-state index is 13.0. The average molecular weight is 444 g/mol. The molecule has 0 radical (unpaired) electrons. The molecule has 1 aliphatic carbocycles. The molecule has 32 heavy (non-hydrogen) atoms. The van der Waals surface area contributed by atoms with Crippen molar-refractivity contribution in [2.45, 2.75) is 44.2 Å². The van der Waals surface area contributed by atoms with Gasteiger partial charge >= 0.3 is 0 Å². The maximum atomic E-state index is 13.0. The summed E-state index contributed by atoms with van der Waals surface area (Å²) in [6.07, 6.45) is 2.11. The van der Waals surface area contributed by atoms with Gasteiger partial charge in [-0.25, -0.2) is 13.8 Å². The van der Waals surface area contributed by atoms with E-state index in [4.69, 9.17) is 9.47 Å². The van der Waals surface area contributed by atoms with Crippen LogP contribution in [0.3, 0.4) is 0 Å². The maximum Gasteiger partial charge on any atom is 0.281 e. The number of ether oxygens (including phenoxy) is 2. The van der Waals surface area contributed by atoms with Crippen LogP contribution in [0, 0.1) is 0 Å². The van der Waals surface area contributed by atoms with Crippen LogP contribution in [0.5, 0.6) is 11.5 Å². The molecular weight excluding hydrogens is 418 g/mol. The number of anilines is 1. The van der Waals surface area contributed by atoms with E-state index in [0.29, 0.717) is 22.7 Å². The van der Waals surface area contributed by atoms with Crippen LogP contribution in [-0.2, 0) is 0 Å². The quantitative estimate of drug-likeness (QED) is 0.563. The molecule has 0 bridgehead atoms. The van der Waals surface area contributed by atoms with Crippen LogP contribution in [-0.4, -0.2) is 41.6 Å². The fraction of sp³-hybridized carbons (Fsp3) is 0.391. The number of carbonyl (C=O) groups excluding carboxylic acids is 1. The van der Waals surface area contributed by atoms with Gasteiger partial charge in [0.15, 0.2) is 11.5 Å². The molecule has 1 aromatic carbocycles. The van der Waals surface area contributed by atoms with Crippen molar-refractivity contribution in [1.29, 1.82) is 0 Å². The monoisotopic (exact) mass is 444 g/mol. The molecule has 1 fully saturated rings. The average Bonchev–Trinajstić information content (AvgIpc) is 3.26. The van der Waals surface area contributed by atoms with E-state index in [1.54, 1.807) is 41.8 Å². The van der Waals surface area contributed by atoms with Gasteiger partial charge in [0.1, 0.15) is 17.2 Å². The van der Waals surface area contributed by atoms with Crippen LogP contribution < -0.4 is 20.1 Å². The summed E-state index contributed by atoms with van der Waals surface area (Å²) in [5.74, 6) is 1.67. The highest BCUT2D eigenvalue weighted by atomic mass is 19.3. The first-order valence-electron chi connectivity index (χ1n) is 10.5. The largest absolute Gasteiger partial charge is 0.493 e. The molecule has 7 nitrogen and oxygen atoms in total. The number of hydrogen-bond acceptors (Lipinski definition) is 5. The Morgan fingerprint density at radius 3 is 2.47 bits per heavy atom. The minimum Gasteiger partial charge on any atom is -0.493 e. The van der Waals surface area contributed by atoms with Gasteiger partial charge in [-0.3, -0.25) is 9.20 Å². The van der Waals surface area contributed by atoms with Gasteiger partial charge in [-0.2, -0.15) is 0 Å². The molecule has 1 amide bonds. The van der Waals surface area contributed by atoms with Crippen molar-refractivity contribution in [3.05, 3.63) is 53.9 Å². The zero-order chi connectivity index (χ0) is 22.7. The van der Waals surface area contributed by atoms with Gasteiger partial charge in [0, 0.05) is 23.8 Å². The molecule has 0 spiro atoms. The number of imidazole rings is 1. The summed E-state index contributed by atoms with van der Waals surface area (Å²) in [5.41, 5.74) is 0.770. The summed E-state index contributed by atoms with van der Waals surface area (Å²) in [5, 5.41) is 6.54.